The van der Waals surface area contributed by atoms with Crippen LogP contribution in [0.1, 0.15) is 32.1 Å². The Morgan fingerprint density at radius 2 is 1.40 bits per heavy atom. The molecule has 0 bridgehead atoms. The van der Waals surface area contributed by atoms with E-state index < -0.39 is 6.49 Å². The van der Waals surface area contributed by atoms with Crippen LogP contribution in [0.3, 0.4) is 0 Å². The Morgan fingerprint density at radius 1 is 0.867 bits per heavy atom. The molecule has 0 aromatic carbocycles. The molecule has 0 radical (unpaired) electrons. The van der Waals surface area contributed by atoms with Gasteiger partial charge in [0, 0.05) is 25.4 Å². The van der Waals surface area contributed by atoms with Crippen LogP contribution in [0.5, 0.6) is 0 Å². The second-order valence-electron chi connectivity index (χ2n) is 6.59. The first-order valence-electron chi connectivity index (χ1n) is 10.5. The molecule has 0 aliphatic rings. The van der Waals surface area contributed by atoms with Gasteiger partial charge in [-0.1, -0.05) is 12.8 Å². The fourth-order valence-electron chi connectivity index (χ4n) is 2.20. The number of rotatable bonds is 23. The van der Waals surface area contributed by atoms with Gasteiger partial charge in [0.05, 0.1) is 59.5 Å². The highest BCUT2D eigenvalue weighted by molar-refractivity contribution is 8.09. The molecule has 0 saturated carbocycles. The van der Waals surface area contributed by atoms with Crippen molar-refractivity contribution in [3.8, 4) is 0 Å². The lowest BCUT2D eigenvalue weighted by molar-refractivity contribution is -0.122. The Kier molecular flexibility index (Phi) is 22.6. The summed E-state index contributed by atoms with van der Waals surface area (Å²) in [6.07, 6.45) is 6.19. The summed E-state index contributed by atoms with van der Waals surface area (Å²) < 4.78 is 26.7. The number of nitrogens with one attached hydrogen (secondary N) is 1. The van der Waals surface area contributed by atoms with Crippen LogP contribution in [-0.4, -0.2) is 95.5 Å². The maximum atomic E-state index is 11.7. The molecule has 0 aromatic rings. The quantitative estimate of drug-likeness (QED) is 0.166. The van der Waals surface area contributed by atoms with Gasteiger partial charge in [-0.3, -0.25) is 4.79 Å². The molecule has 1 unspecified atom stereocenters. The summed E-state index contributed by atoms with van der Waals surface area (Å²) in [6, 6.07) is 0. The molecular weight excluding hydrogens is 449 g/mol. The van der Waals surface area contributed by atoms with Gasteiger partial charge in [-0.05, 0) is 30.9 Å². The first-order valence-corrected chi connectivity index (χ1v) is 15.0. The van der Waals surface area contributed by atoms with Gasteiger partial charge in [0.2, 0.25) is 5.91 Å². The second-order valence-corrected chi connectivity index (χ2v) is 11.5. The number of hydrogen-bond acceptors (Lipinski definition) is 8. The van der Waals surface area contributed by atoms with Crippen molar-refractivity contribution in [1.82, 2.24) is 5.32 Å². The highest BCUT2D eigenvalue weighted by atomic mass is 32.5. The molecule has 180 valence electrons. The van der Waals surface area contributed by atoms with E-state index in [4.69, 9.17) is 35.3 Å². The van der Waals surface area contributed by atoms with Gasteiger partial charge >= 0.3 is 0 Å². The fourth-order valence-corrected chi connectivity index (χ4v) is 3.18. The number of amides is 1. The smallest absolute Gasteiger partial charge is 0.222 e. The van der Waals surface area contributed by atoms with E-state index in [1.165, 1.54) is 0 Å². The predicted molar refractivity (Wildman–Crippen MR) is 126 cm³/mol. The average Bonchev–Trinajstić information content (AvgIpc) is 2.69. The van der Waals surface area contributed by atoms with Gasteiger partial charge in [0.15, 0.2) is 6.49 Å². The Balaban J connectivity index is 3.19. The maximum Gasteiger partial charge on any atom is 0.222 e. The summed E-state index contributed by atoms with van der Waals surface area (Å²) >= 11 is 6.56. The molecule has 0 fully saturated rings. The lowest BCUT2D eigenvalue weighted by Gasteiger charge is -2.10. The largest absolute Gasteiger partial charge is 0.379 e. The van der Waals surface area contributed by atoms with Gasteiger partial charge in [0.1, 0.15) is 0 Å². The van der Waals surface area contributed by atoms with Crippen LogP contribution < -0.4 is 5.32 Å². The highest BCUT2D eigenvalue weighted by Gasteiger charge is 2.03. The van der Waals surface area contributed by atoms with Crippen molar-refractivity contribution in [3.05, 3.63) is 0 Å². The monoisotopic (exact) mass is 489 g/mol. The average molecular weight is 490 g/mol. The molecule has 30 heavy (non-hydrogen) atoms. The van der Waals surface area contributed by atoms with Crippen molar-refractivity contribution < 1.29 is 33.2 Å². The number of unbranched alkanes of at least 4 members (excludes halogenated alkanes) is 3. The molecule has 0 aromatic heterocycles. The Bertz CT molecular complexity index is 441. The molecule has 11 heteroatoms. The first-order chi connectivity index (χ1) is 14.5. The van der Waals surface area contributed by atoms with Gasteiger partial charge in [-0.2, -0.15) is 11.8 Å². The van der Waals surface area contributed by atoms with Gasteiger partial charge in [-0.15, -0.1) is 0 Å². The molecule has 1 amide bonds. The number of hydrogen-bond donors (Lipinski definition) is 2. The van der Waals surface area contributed by atoms with Gasteiger partial charge < -0.3 is 33.7 Å². The van der Waals surface area contributed by atoms with Gasteiger partial charge in [-0.25, -0.2) is 0 Å². The summed E-state index contributed by atoms with van der Waals surface area (Å²) in [5, 5.41) is 2.88. The van der Waals surface area contributed by atoms with E-state index in [9.17, 15) is 9.69 Å². The summed E-state index contributed by atoms with van der Waals surface area (Å²) in [6.45, 7) is 4.55. The van der Waals surface area contributed by atoms with Crippen LogP contribution in [0.2, 0.25) is 0 Å². The fraction of sp³-hybridized carbons (Fsp3) is 0.947. The standard InChI is InChI=1S/C19H40NO7PS2/c1-28(22,29)27-9-6-4-3-5-8-20-19(21)7-10-23-11-12-24-13-14-25-15-16-26-17-18-30-2/h3-18H2,1-2H3,(H,20,21)(H,22,29). The maximum absolute atomic E-state index is 11.7. The lowest BCUT2D eigenvalue weighted by atomic mass is 10.2. The molecule has 8 nitrogen and oxygen atoms in total. The molecule has 0 spiro atoms. The zero-order chi connectivity index (χ0) is 22.3. The van der Waals surface area contributed by atoms with Crippen molar-refractivity contribution >= 4 is 36.0 Å². The second kappa shape index (κ2) is 22.4. The SMILES string of the molecule is CSCCOCCOCCOCCOCCC(=O)NCCCCCCOP(C)(O)=S. The van der Waals surface area contributed by atoms with E-state index in [1.807, 2.05) is 0 Å². The van der Waals surface area contributed by atoms with Crippen molar-refractivity contribution in [2.75, 3.05) is 84.7 Å². The molecule has 0 aliphatic carbocycles. The minimum atomic E-state index is -2.52. The van der Waals surface area contributed by atoms with Crippen LogP contribution in [0.15, 0.2) is 0 Å². The zero-order valence-electron chi connectivity index (χ0n) is 18.5. The third-order valence-electron chi connectivity index (χ3n) is 3.75. The first kappa shape index (κ1) is 30.2. The summed E-state index contributed by atoms with van der Waals surface area (Å²) in [5.74, 6) is 1.00. The van der Waals surface area contributed by atoms with E-state index in [0.29, 0.717) is 65.8 Å². The van der Waals surface area contributed by atoms with Crippen LogP contribution in [0, 0.1) is 0 Å². The van der Waals surface area contributed by atoms with Crippen LogP contribution in [-0.2, 0) is 40.1 Å². The minimum absolute atomic E-state index is 0.000597. The molecule has 0 saturated heterocycles. The van der Waals surface area contributed by atoms with Crippen LogP contribution in [0.25, 0.3) is 0 Å². The number of thioether (sulfide) groups is 1. The third kappa shape index (κ3) is 26.3. The Hall–Kier alpha value is 0.230. The number of carbonyl (C=O) groups is 1. The summed E-state index contributed by atoms with van der Waals surface area (Å²) in [5.41, 5.74) is 0. The van der Waals surface area contributed by atoms with E-state index in [-0.39, 0.29) is 5.91 Å². The van der Waals surface area contributed by atoms with Crippen molar-refractivity contribution in [3.63, 3.8) is 0 Å². The highest BCUT2D eigenvalue weighted by Crippen LogP contribution is 2.37. The van der Waals surface area contributed by atoms with Crippen molar-refractivity contribution in [2.24, 2.45) is 0 Å². The third-order valence-corrected chi connectivity index (χ3v) is 5.30. The normalized spacial score (nSPS) is 13.3. The molecule has 0 heterocycles. The van der Waals surface area contributed by atoms with Crippen LogP contribution in [0.4, 0.5) is 0 Å². The molecule has 1 atom stereocenters. The topological polar surface area (TPSA) is 95.5 Å². The van der Waals surface area contributed by atoms with Crippen molar-refractivity contribution in [2.45, 2.75) is 32.1 Å². The molecule has 0 rings (SSSR count). The Morgan fingerprint density at radius 3 is 1.97 bits per heavy atom. The zero-order valence-corrected chi connectivity index (χ0v) is 21.0. The van der Waals surface area contributed by atoms with Gasteiger partial charge in [0.25, 0.3) is 0 Å². The van der Waals surface area contributed by atoms with Crippen LogP contribution >= 0.6 is 18.3 Å². The Labute approximate surface area is 191 Å². The summed E-state index contributed by atoms with van der Waals surface area (Å²) in [7, 11) is 0. The molecular formula is C19H40NO7PS2. The molecule has 2 N–H and O–H groups in total. The number of ether oxygens (including phenoxy) is 4. The van der Waals surface area contributed by atoms with Crippen molar-refractivity contribution in [1.29, 1.82) is 0 Å². The van der Waals surface area contributed by atoms with E-state index >= 15 is 0 Å². The predicted octanol–water partition coefficient (Wildman–Crippen LogP) is 2.43. The lowest BCUT2D eigenvalue weighted by Crippen LogP contribution is -2.25. The van der Waals surface area contributed by atoms with E-state index in [2.05, 4.69) is 11.6 Å². The van der Waals surface area contributed by atoms with E-state index in [0.717, 1.165) is 38.0 Å². The van der Waals surface area contributed by atoms with E-state index in [1.54, 1.807) is 18.4 Å². The summed E-state index contributed by atoms with van der Waals surface area (Å²) in [4.78, 5) is 21.0. The minimum Gasteiger partial charge on any atom is -0.379 e. The number of carbonyl (C=O) groups excluding carboxylic acids is 1. The molecule has 0 aliphatic heterocycles.